The van der Waals surface area contributed by atoms with Crippen LogP contribution in [0.3, 0.4) is 0 Å². The number of nitrogens with one attached hydrogen (secondary N) is 1. The first-order chi connectivity index (χ1) is 17.6. The van der Waals surface area contributed by atoms with E-state index in [1.807, 2.05) is 67.6 Å². The van der Waals surface area contributed by atoms with Crippen LogP contribution in [0.5, 0.6) is 5.75 Å². The molecule has 2 atom stereocenters. The number of rotatable bonds is 7. The molecule has 0 spiro atoms. The molecule has 1 aliphatic carbocycles. The number of ketones is 1. The molecule has 0 radical (unpaired) electrons. The maximum absolute atomic E-state index is 13.6. The van der Waals surface area contributed by atoms with Gasteiger partial charge in [-0.1, -0.05) is 48.5 Å². The SMILES string of the molecule is CC1=C(C(=O)OCCOc2ccccc2)[C@@H](c2ccncc2)C2=C(C[C@@H](c3ccccc3)CC2=O)N1. The average Bonchev–Trinajstić information content (AvgIpc) is 2.91. The Balaban J connectivity index is 1.39. The summed E-state index contributed by atoms with van der Waals surface area (Å²) < 4.78 is 11.3. The maximum atomic E-state index is 13.6. The van der Waals surface area contributed by atoms with E-state index < -0.39 is 11.9 Å². The summed E-state index contributed by atoms with van der Waals surface area (Å²) in [4.78, 5) is 31.1. The number of hydrogen-bond acceptors (Lipinski definition) is 6. The predicted octanol–water partition coefficient (Wildman–Crippen LogP) is 5.07. The van der Waals surface area contributed by atoms with Crippen molar-refractivity contribution < 1.29 is 19.1 Å². The van der Waals surface area contributed by atoms with Crippen LogP contribution >= 0.6 is 0 Å². The van der Waals surface area contributed by atoms with Crippen molar-refractivity contribution in [3.05, 3.63) is 119 Å². The molecule has 0 fully saturated rings. The van der Waals surface area contributed by atoms with Gasteiger partial charge in [-0.15, -0.1) is 0 Å². The molecule has 2 heterocycles. The van der Waals surface area contributed by atoms with Crippen LogP contribution in [0, 0.1) is 0 Å². The second-order valence-corrected chi connectivity index (χ2v) is 9.01. The minimum Gasteiger partial charge on any atom is -0.490 e. The Morgan fingerprint density at radius 2 is 1.61 bits per heavy atom. The van der Waals surface area contributed by atoms with Gasteiger partial charge in [0, 0.05) is 41.7 Å². The Labute approximate surface area is 210 Å². The first kappa shape index (κ1) is 23.5. The predicted molar refractivity (Wildman–Crippen MR) is 136 cm³/mol. The highest BCUT2D eigenvalue weighted by atomic mass is 16.6. The summed E-state index contributed by atoms with van der Waals surface area (Å²) in [5, 5.41) is 3.39. The smallest absolute Gasteiger partial charge is 0.336 e. The van der Waals surface area contributed by atoms with Gasteiger partial charge in [0.1, 0.15) is 19.0 Å². The van der Waals surface area contributed by atoms with Gasteiger partial charge in [-0.25, -0.2) is 4.79 Å². The number of carbonyl (C=O) groups excluding carboxylic acids is 2. The lowest BCUT2D eigenvalue weighted by Gasteiger charge is -2.36. The fraction of sp³-hybridized carbons (Fsp3) is 0.233. The van der Waals surface area contributed by atoms with Crippen LogP contribution in [0.4, 0.5) is 0 Å². The molecule has 36 heavy (non-hydrogen) atoms. The molecule has 1 aromatic heterocycles. The fourth-order valence-corrected chi connectivity index (χ4v) is 5.05. The summed E-state index contributed by atoms with van der Waals surface area (Å²) in [5.41, 5.74) is 4.66. The zero-order valence-electron chi connectivity index (χ0n) is 20.1. The molecular formula is C30H28N2O4. The number of ether oxygens (including phenoxy) is 2. The summed E-state index contributed by atoms with van der Waals surface area (Å²) in [6.45, 7) is 2.20. The lowest BCUT2D eigenvalue weighted by Crippen LogP contribution is -2.36. The Morgan fingerprint density at radius 1 is 0.917 bits per heavy atom. The van der Waals surface area contributed by atoms with E-state index >= 15 is 0 Å². The van der Waals surface area contributed by atoms with Crippen LogP contribution in [0.2, 0.25) is 0 Å². The molecule has 182 valence electrons. The third-order valence-electron chi connectivity index (χ3n) is 6.69. The molecule has 0 saturated carbocycles. The Kier molecular flexibility index (Phi) is 6.94. The third kappa shape index (κ3) is 4.93. The zero-order chi connectivity index (χ0) is 24.9. The van der Waals surface area contributed by atoms with Crippen molar-refractivity contribution in [1.82, 2.24) is 10.3 Å². The molecule has 3 aromatic rings. The number of carbonyl (C=O) groups is 2. The van der Waals surface area contributed by atoms with Gasteiger partial charge in [0.05, 0.1) is 5.57 Å². The van der Waals surface area contributed by atoms with Crippen molar-refractivity contribution in [3.8, 4) is 5.75 Å². The van der Waals surface area contributed by atoms with Crippen LogP contribution in [0.25, 0.3) is 0 Å². The maximum Gasteiger partial charge on any atom is 0.336 e. The number of aromatic nitrogens is 1. The van der Waals surface area contributed by atoms with Crippen molar-refractivity contribution in [2.45, 2.75) is 31.6 Å². The van der Waals surface area contributed by atoms with E-state index in [0.717, 1.165) is 16.8 Å². The zero-order valence-corrected chi connectivity index (χ0v) is 20.1. The van der Waals surface area contributed by atoms with Gasteiger partial charge in [0.25, 0.3) is 0 Å². The van der Waals surface area contributed by atoms with E-state index in [0.29, 0.717) is 35.4 Å². The number of para-hydroxylation sites is 1. The molecule has 0 saturated heterocycles. The van der Waals surface area contributed by atoms with Crippen molar-refractivity contribution in [3.63, 3.8) is 0 Å². The van der Waals surface area contributed by atoms with Gasteiger partial charge >= 0.3 is 5.97 Å². The largest absolute Gasteiger partial charge is 0.490 e. The number of dihydropyridines is 1. The first-order valence-corrected chi connectivity index (χ1v) is 12.2. The quantitative estimate of drug-likeness (QED) is 0.376. The van der Waals surface area contributed by atoms with Gasteiger partial charge in [-0.2, -0.15) is 0 Å². The van der Waals surface area contributed by atoms with Crippen LogP contribution in [0.1, 0.15) is 42.7 Å². The lowest BCUT2D eigenvalue weighted by atomic mass is 9.72. The van der Waals surface area contributed by atoms with E-state index in [1.54, 1.807) is 12.4 Å². The molecule has 2 aliphatic rings. The van der Waals surface area contributed by atoms with Gasteiger partial charge < -0.3 is 14.8 Å². The normalized spacial score (nSPS) is 19.4. The Hall–Kier alpha value is -4.19. The van der Waals surface area contributed by atoms with Crippen molar-refractivity contribution >= 4 is 11.8 Å². The minimum atomic E-state index is -0.504. The van der Waals surface area contributed by atoms with E-state index in [9.17, 15) is 9.59 Å². The van der Waals surface area contributed by atoms with Crippen LogP contribution in [0.15, 0.2) is 108 Å². The van der Waals surface area contributed by atoms with Gasteiger partial charge in [-0.3, -0.25) is 9.78 Å². The molecule has 0 unspecified atom stereocenters. The first-order valence-electron chi connectivity index (χ1n) is 12.2. The topological polar surface area (TPSA) is 77.5 Å². The summed E-state index contributed by atoms with van der Waals surface area (Å²) in [7, 11) is 0. The highest BCUT2D eigenvalue weighted by Gasteiger charge is 2.41. The number of benzene rings is 2. The molecule has 6 nitrogen and oxygen atoms in total. The number of hydrogen-bond donors (Lipinski definition) is 1. The second-order valence-electron chi connectivity index (χ2n) is 9.01. The van der Waals surface area contributed by atoms with Crippen molar-refractivity contribution in [2.75, 3.05) is 13.2 Å². The average molecular weight is 481 g/mol. The highest BCUT2D eigenvalue weighted by Crippen LogP contribution is 2.45. The third-order valence-corrected chi connectivity index (χ3v) is 6.69. The fourth-order valence-electron chi connectivity index (χ4n) is 5.05. The standard InChI is InChI=1S/C30H28N2O4/c1-20-27(30(34)36-17-16-35-24-10-6-3-7-11-24)28(22-12-14-31-15-13-22)29-25(32-20)18-23(19-26(29)33)21-8-4-2-5-9-21/h2-15,23,28,32H,16-19H2,1H3/t23-,28-/m1/s1. The summed E-state index contributed by atoms with van der Waals surface area (Å²) in [5.74, 6) is -0.100. The number of nitrogens with zero attached hydrogens (tertiary/aromatic N) is 1. The molecular weight excluding hydrogens is 452 g/mol. The van der Waals surface area contributed by atoms with E-state index in [-0.39, 0.29) is 24.9 Å². The molecule has 6 heteroatoms. The van der Waals surface area contributed by atoms with E-state index in [1.165, 1.54) is 0 Å². The number of esters is 1. The van der Waals surface area contributed by atoms with Gasteiger partial charge in [0.2, 0.25) is 0 Å². The Morgan fingerprint density at radius 3 is 2.33 bits per heavy atom. The molecule has 1 aliphatic heterocycles. The van der Waals surface area contributed by atoms with E-state index in [2.05, 4.69) is 22.4 Å². The molecule has 2 aromatic carbocycles. The summed E-state index contributed by atoms with van der Waals surface area (Å²) in [6, 6.07) is 23.2. The van der Waals surface area contributed by atoms with Gasteiger partial charge in [-0.05, 0) is 54.7 Å². The highest BCUT2D eigenvalue weighted by molar-refractivity contribution is 6.04. The number of allylic oxidation sites excluding steroid dienone is 3. The van der Waals surface area contributed by atoms with Crippen molar-refractivity contribution in [1.29, 1.82) is 0 Å². The number of pyridine rings is 1. The Bertz CT molecular complexity index is 1300. The second kappa shape index (κ2) is 10.6. The van der Waals surface area contributed by atoms with Crippen LogP contribution < -0.4 is 10.1 Å². The molecule has 0 amide bonds. The molecule has 0 bridgehead atoms. The van der Waals surface area contributed by atoms with Crippen molar-refractivity contribution in [2.24, 2.45) is 0 Å². The van der Waals surface area contributed by atoms with Crippen LogP contribution in [-0.2, 0) is 14.3 Å². The molecule has 5 rings (SSSR count). The number of Topliss-reactive ketones (excluding diaryl/α,β-unsaturated/α-hetero) is 1. The molecule has 1 N–H and O–H groups in total. The lowest BCUT2D eigenvalue weighted by molar-refractivity contribution is -0.140. The summed E-state index contributed by atoms with van der Waals surface area (Å²) in [6.07, 6.45) is 4.48. The summed E-state index contributed by atoms with van der Waals surface area (Å²) >= 11 is 0. The van der Waals surface area contributed by atoms with Crippen LogP contribution in [-0.4, -0.2) is 30.0 Å². The van der Waals surface area contributed by atoms with E-state index in [4.69, 9.17) is 9.47 Å². The monoisotopic (exact) mass is 480 g/mol. The minimum absolute atomic E-state index is 0.0460. The van der Waals surface area contributed by atoms with Gasteiger partial charge in [0.15, 0.2) is 5.78 Å².